The molecular formula is C39H48FN5O6S. The number of imidazole rings is 1. The van der Waals surface area contributed by atoms with Crippen LogP contribution in [0.1, 0.15) is 91.0 Å². The van der Waals surface area contributed by atoms with Gasteiger partial charge in [0.25, 0.3) is 6.01 Å². The van der Waals surface area contributed by atoms with Crippen molar-refractivity contribution in [2.24, 2.45) is 11.3 Å². The second-order valence-electron chi connectivity index (χ2n) is 15.6. The van der Waals surface area contributed by atoms with E-state index in [-0.39, 0.29) is 54.6 Å². The Morgan fingerprint density at radius 2 is 1.83 bits per heavy atom. The fourth-order valence-electron chi connectivity index (χ4n) is 7.82. The molecule has 2 aromatic carbocycles. The number of allylic oxidation sites excluding steroid dienone is 2. The number of hydrogen-bond acceptors (Lipinski definition) is 8. The van der Waals surface area contributed by atoms with Gasteiger partial charge >= 0.3 is 0 Å². The third-order valence-corrected chi connectivity index (χ3v) is 13.6. The Balaban J connectivity index is 1.21. The number of nitrogens with zero attached hydrogens (tertiary/aromatic N) is 3. The number of ether oxygens (including phenoxy) is 1. The summed E-state index contributed by atoms with van der Waals surface area (Å²) in [6, 6.07) is 12.7. The van der Waals surface area contributed by atoms with Crippen molar-refractivity contribution >= 4 is 44.3 Å². The van der Waals surface area contributed by atoms with Gasteiger partial charge in [-0.05, 0) is 89.5 Å². The minimum atomic E-state index is -3.93. The number of carbonyl (C=O) groups excluding carboxylic acids is 3. The molecule has 0 bridgehead atoms. The van der Waals surface area contributed by atoms with Crippen LogP contribution >= 0.6 is 0 Å². The molecule has 2 saturated carbocycles. The maximum atomic E-state index is 14.8. The zero-order chi connectivity index (χ0) is 36.8. The van der Waals surface area contributed by atoms with Gasteiger partial charge in [-0.15, -0.1) is 0 Å². The van der Waals surface area contributed by atoms with E-state index < -0.39 is 50.1 Å². The SMILES string of the molecule is CC(C)n1c(O[C@@H]2C[C@H]3C(=O)C[C@]4(C(=O)NS(=O)(=O)C5(C)CC5)C[C@H]4C=CCCCCC[C@H](Nc4ccccc4)C(=O)N3C2)nc2c(F)cccc21. The van der Waals surface area contributed by atoms with Crippen molar-refractivity contribution in [1.82, 2.24) is 19.2 Å². The lowest BCUT2D eigenvalue weighted by Gasteiger charge is -2.30. The van der Waals surface area contributed by atoms with E-state index in [1.165, 1.54) is 6.07 Å². The number of aromatic nitrogens is 2. The fourth-order valence-corrected chi connectivity index (χ4v) is 9.15. The van der Waals surface area contributed by atoms with Crippen LogP contribution in [0.3, 0.4) is 0 Å². The largest absolute Gasteiger partial charge is 0.459 e. The number of fused-ring (bicyclic) bond motifs is 3. The van der Waals surface area contributed by atoms with Crippen LogP contribution in [0.25, 0.3) is 11.0 Å². The second kappa shape index (κ2) is 13.9. The summed E-state index contributed by atoms with van der Waals surface area (Å²) in [5, 5.41) is 3.41. The molecule has 2 amide bonds. The van der Waals surface area contributed by atoms with Crippen LogP contribution in [0.5, 0.6) is 6.01 Å². The van der Waals surface area contributed by atoms with Crippen molar-refractivity contribution in [2.45, 2.75) is 114 Å². The summed E-state index contributed by atoms with van der Waals surface area (Å²) in [7, 11) is -3.93. The summed E-state index contributed by atoms with van der Waals surface area (Å²) < 4.78 is 50.8. The van der Waals surface area contributed by atoms with Crippen LogP contribution < -0.4 is 14.8 Å². The average Bonchev–Trinajstić information content (AvgIpc) is 3.92. The normalized spacial score (nSPS) is 27.8. The van der Waals surface area contributed by atoms with E-state index in [2.05, 4.69) is 15.0 Å². The Morgan fingerprint density at radius 3 is 2.56 bits per heavy atom. The minimum absolute atomic E-state index is 0.0846. The number of hydrogen-bond donors (Lipinski definition) is 2. The van der Waals surface area contributed by atoms with Gasteiger partial charge in [0.05, 0.1) is 28.3 Å². The lowest BCUT2D eigenvalue weighted by Crippen LogP contribution is -2.49. The van der Waals surface area contributed by atoms with E-state index in [9.17, 15) is 27.2 Å². The Morgan fingerprint density at radius 1 is 1.06 bits per heavy atom. The predicted molar refractivity (Wildman–Crippen MR) is 196 cm³/mol. The van der Waals surface area contributed by atoms with Gasteiger partial charge in [-0.2, -0.15) is 4.98 Å². The molecule has 2 aliphatic carbocycles. The van der Waals surface area contributed by atoms with Crippen molar-refractivity contribution in [3.05, 3.63) is 66.5 Å². The molecule has 3 aromatic rings. The van der Waals surface area contributed by atoms with Gasteiger partial charge in [0.15, 0.2) is 11.6 Å². The predicted octanol–water partition coefficient (Wildman–Crippen LogP) is 6.07. The first kappa shape index (κ1) is 36.1. The molecule has 0 radical (unpaired) electrons. The van der Waals surface area contributed by atoms with Gasteiger partial charge in [-0.3, -0.25) is 23.7 Å². The third kappa shape index (κ3) is 6.95. The third-order valence-electron chi connectivity index (χ3n) is 11.4. The summed E-state index contributed by atoms with van der Waals surface area (Å²) in [4.78, 5) is 49.1. The molecule has 0 unspecified atom stereocenters. The Kier molecular flexibility index (Phi) is 9.68. The number of halogens is 1. The van der Waals surface area contributed by atoms with Crippen LogP contribution in [-0.2, 0) is 24.4 Å². The summed E-state index contributed by atoms with van der Waals surface area (Å²) in [5.41, 5.74) is 0.304. The maximum absolute atomic E-state index is 14.8. The fraction of sp³-hybridized carbons (Fsp3) is 0.538. The van der Waals surface area contributed by atoms with Crippen molar-refractivity contribution in [2.75, 3.05) is 11.9 Å². The van der Waals surface area contributed by atoms with Crippen molar-refractivity contribution in [3.8, 4) is 6.01 Å². The van der Waals surface area contributed by atoms with Crippen molar-refractivity contribution in [3.63, 3.8) is 0 Å². The Labute approximate surface area is 304 Å². The molecule has 4 aliphatic rings. The summed E-state index contributed by atoms with van der Waals surface area (Å²) in [6.45, 7) is 5.59. The monoisotopic (exact) mass is 733 g/mol. The number of rotatable bonds is 8. The lowest BCUT2D eigenvalue weighted by molar-refractivity contribution is -0.139. The lowest BCUT2D eigenvalue weighted by atomic mass is 9.91. The van der Waals surface area contributed by atoms with Gasteiger partial charge in [0.1, 0.15) is 17.7 Å². The van der Waals surface area contributed by atoms with E-state index >= 15 is 0 Å². The zero-order valence-corrected chi connectivity index (χ0v) is 30.8. The van der Waals surface area contributed by atoms with Gasteiger partial charge in [-0.25, -0.2) is 12.8 Å². The molecule has 1 saturated heterocycles. The van der Waals surface area contributed by atoms with E-state index in [1.54, 1.807) is 28.5 Å². The number of nitrogens with one attached hydrogen (secondary N) is 2. The van der Waals surface area contributed by atoms with E-state index in [4.69, 9.17) is 4.74 Å². The molecule has 3 heterocycles. The average molecular weight is 734 g/mol. The highest BCUT2D eigenvalue weighted by molar-refractivity contribution is 7.91. The number of benzene rings is 2. The zero-order valence-electron chi connectivity index (χ0n) is 30.0. The molecule has 2 N–H and O–H groups in total. The van der Waals surface area contributed by atoms with E-state index in [0.29, 0.717) is 31.2 Å². The number of Topliss-reactive ketones (excluding diaryl/α,β-unsaturated/α-hetero) is 1. The summed E-state index contributed by atoms with van der Waals surface area (Å²) >= 11 is 0. The maximum Gasteiger partial charge on any atom is 0.298 e. The smallest absolute Gasteiger partial charge is 0.298 e. The molecule has 5 atom stereocenters. The number of ketones is 1. The van der Waals surface area contributed by atoms with Crippen LogP contribution in [0.15, 0.2) is 60.7 Å². The Hall–Kier alpha value is -4.26. The number of carbonyl (C=O) groups is 3. The molecule has 52 heavy (non-hydrogen) atoms. The molecule has 2 aliphatic heterocycles. The van der Waals surface area contributed by atoms with E-state index in [1.807, 2.05) is 56.3 Å². The topological polar surface area (TPSA) is 140 Å². The minimum Gasteiger partial charge on any atom is -0.459 e. The number of anilines is 1. The molecule has 278 valence electrons. The molecular weight excluding hydrogens is 686 g/mol. The Bertz CT molecular complexity index is 1990. The number of amides is 2. The van der Waals surface area contributed by atoms with Crippen LogP contribution in [0.4, 0.5) is 10.1 Å². The van der Waals surface area contributed by atoms with Gasteiger partial charge in [0.2, 0.25) is 21.8 Å². The highest BCUT2D eigenvalue weighted by Gasteiger charge is 2.62. The molecule has 11 nitrogen and oxygen atoms in total. The highest BCUT2D eigenvalue weighted by atomic mass is 32.2. The van der Waals surface area contributed by atoms with Gasteiger partial charge in [0, 0.05) is 24.6 Å². The van der Waals surface area contributed by atoms with Crippen molar-refractivity contribution in [1.29, 1.82) is 0 Å². The quantitative estimate of drug-likeness (QED) is 0.266. The summed E-state index contributed by atoms with van der Waals surface area (Å²) in [6.07, 6.45) is 8.43. The van der Waals surface area contributed by atoms with Gasteiger partial charge in [-0.1, -0.05) is 49.3 Å². The standard InChI is InChI=1S/C39H48FN5O6S/c1-25(2)45-31-18-12-16-29(40)34(31)42-37(45)51-28-21-32-33(46)23-39(36(48)43-52(49,50)38(3)19-20-38)22-26(39)13-8-5-4-6-11-17-30(35(47)44(32)24-28)41-27-14-9-7-10-15-27/h7-10,12-16,18,25-26,28,30,32,41H,4-6,11,17,19-24H2,1-3H3,(H,43,48)/t26-,28-,30+,32+,39-/m1/s1. The highest BCUT2D eigenvalue weighted by Crippen LogP contribution is 2.57. The van der Waals surface area contributed by atoms with Crippen molar-refractivity contribution < 1.29 is 31.9 Å². The van der Waals surface area contributed by atoms with E-state index in [0.717, 1.165) is 31.4 Å². The molecule has 13 heteroatoms. The summed E-state index contributed by atoms with van der Waals surface area (Å²) in [5.74, 6) is -2.00. The van der Waals surface area contributed by atoms with Crippen LogP contribution in [-0.4, -0.2) is 69.9 Å². The first-order chi connectivity index (χ1) is 24.8. The van der Waals surface area contributed by atoms with Gasteiger partial charge < -0.3 is 15.0 Å². The van der Waals surface area contributed by atoms with Crippen LogP contribution in [0, 0.1) is 17.2 Å². The molecule has 3 fully saturated rings. The molecule has 7 rings (SSSR count). The number of para-hydroxylation sites is 2. The number of sulfonamides is 1. The van der Waals surface area contributed by atoms with Crippen LogP contribution in [0.2, 0.25) is 0 Å². The first-order valence-corrected chi connectivity index (χ1v) is 20.0. The molecule has 1 aromatic heterocycles. The second-order valence-corrected chi connectivity index (χ2v) is 17.8. The first-order valence-electron chi connectivity index (χ1n) is 18.5. The molecule has 0 spiro atoms.